The highest BCUT2D eigenvalue weighted by molar-refractivity contribution is 7.88. The Bertz CT molecular complexity index is 651. The van der Waals surface area contributed by atoms with Gasteiger partial charge < -0.3 is 10.1 Å². The maximum absolute atomic E-state index is 12.0. The first-order valence-corrected chi connectivity index (χ1v) is 9.59. The molecule has 2 bridgehead atoms. The van der Waals surface area contributed by atoms with Gasteiger partial charge in [-0.05, 0) is 37.8 Å². The van der Waals surface area contributed by atoms with Gasteiger partial charge in [-0.15, -0.1) is 0 Å². The smallest absolute Gasteiger partial charge is 0.258 e. The number of carbonyl (C=O) groups is 1. The quantitative estimate of drug-likeness (QED) is 0.845. The minimum absolute atomic E-state index is 0.00768. The Morgan fingerprint density at radius 2 is 2.09 bits per heavy atom. The van der Waals surface area contributed by atoms with Crippen LogP contribution in [0.1, 0.15) is 25.7 Å². The second-order valence-electron chi connectivity index (χ2n) is 6.19. The summed E-state index contributed by atoms with van der Waals surface area (Å²) in [5.74, 6) is 0.362. The lowest BCUT2D eigenvalue weighted by Gasteiger charge is -2.37. The first-order chi connectivity index (χ1) is 10.9. The van der Waals surface area contributed by atoms with E-state index in [-0.39, 0.29) is 30.6 Å². The molecule has 23 heavy (non-hydrogen) atoms. The van der Waals surface area contributed by atoms with Crippen molar-refractivity contribution in [3.8, 4) is 5.75 Å². The molecule has 2 atom stereocenters. The Balaban J connectivity index is 1.51. The number of pyridine rings is 1. The van der Waals surface area contributed by atoms with Crippen LogP contribution in [0.25, 0.3) is 0 Å². The molecule has 0 aliphatic carbocycles. The summed E-state index contributed by atoms with van der Waals surface area (Å²) in [4.78, 5) is 15.9. The van der Waals surface area contributed by atoms with E-state index in [0.29, 0.717) is 18.6 Å². The Labute approximate surface area is 136 Å². The second-order valence-corrected chi connectivity index (χ2v) is 8.08. The summed E-state index contributed by atoms with van der Waals surface area (Å²) in [6.07, 6.45) is 7.53. The molecule has 1 N–H and O–H groups in total. The zero-order chi connectivity index (χ0) is 16.4. The van der Waals surface area contributed by atoms with Crippen molar-refractivity contribution < 1.29 is 17.9 Å². The van der Waals surface area contributed by atoms with Crippen LogP contribution in [0, 0.1) is 0 Å². The molecule has 0 spiro atoms. The van der Waals surface area contributed by atoms with Crippen LogP contribution in [-0.2, 0) is 14.8 Å². The van der Waals surface area contributed by atoms with Crippen molar-refractivity contribution in [1.82, 2.24) is 14.6 Å². The molecule has 3 heterocycles. The van der Waals surface area contributed by atoms with Crippen LogP contribution in [0.2, 0.25) is 0 Å². The summed E-state index contributed by atoms with van der Waals surface area (Å²) in [5.41, 5.74) is 0. The lowest BCUT2D eigenvalue weighted by Crippen LogP contribution is -2.52. The van der Waals surface area contributed by atoms with Crippen LogP contribution in [0.15, 0.2) is 24.5 Å². The molecule has 2 unspecified atom stereocenters. The van der Waals surface area contributed by atoms with Gasteiger partial charge in [-0.1, -0.05) is 0 Å². The maximum atomic E-state index is 12.0. The molecule has 3 rings (SSSR count). The first kappa shape index (κ1) is 16.2. The predicted molar refractivity (Wildman–Crippen MR) is 84.4 cm³/mol. The normalized spacial score (nSPS) is 27.6. The van der Waals surface area contributed by atoms with Crippen molar-refractivity contribution in [1.29, 1.82) is 0 Å². The van der Waals surface area contributed by atoms with Crippen LogP contribution in [0.4, 0.5) is 0 Å². The average molecular weight is 339 g/mol. The molecule has 2 fully saturated rings. The third kappa shape index (κ3) is 3.81. The fourth-order valence-corrected chi connectivity index (χ4v) is 5.11. The molecule has 1 aromatic rings. The number of aromatic nitrogens is 1. The summed E-state index contributed by atoms with van der Waals surface area (Å²) >= 11 is 0. The number of hydrogen-bond donors (Lipinski definition) is 1. The summed E-state index contributed by atoms with van der Waals surface area (Å²) in [6, 6.07) is 3.51. The topological polar surface area (TPSA) is 88.6 Å². The number of carbonyl (C=O) groups excluding carboxylic acids is 1. The van der Waals surface area contributed by atoms with Crippen molar-refractivity contribution >= 4 is 15.9 Å². The van der Waals surface area contributed by atoms with Crippen molar-refractivity contribution in [2.45, 2.75) is 43.8 Å². The lowest BCUT2D eigenvalue weighted by molar-refractivity contribution is -0.124. The summed E-state index contributed by atoms with van der Waals surface area (Å²) in [5, 5.41) is 2.96. The molecule has 0 radical (unpaired) electrons. The summed E-state index contributed by atoms with van der Waals surface area (Å²) in [6.45, 7) is -0.0622. The fourth-order valence-electron chi connectivity index (χ4n) is 3.64. The second kappa shape index (κ2) is 6.45. The molecule has 2 aliphatic rings. The van der Waals surface area contributed by atoms with Crippen LogP contribution in [-0.4, -0.2) is 54.6 Å². The molecule has 126 valence electrons. The number of sulfonamides is 1. The SMILES string of the molecule is CS(=O)(=O)N1C2CCC1CC(NC(=O)COc1cccnc1)C2. The van der Waals surface area contributed by atoms with Gasteiger partial charge in [0.05, 0.1) is 12.5 Å². The number of rotatable bonds is 5. The standard InChI is InChI=1S/C15H21N3O4S/c1-23(20,21)18-12-4-5-13(18)8-11(7-12)17-15(19)10-22-14-3-2-6-16-9-14/h2-3,6,9,11-13H,4-5,7-8,10H2,1H3,(H,17,19). The van der Waals surface area contributed by atoms with Gasteiger partial charge in [0.15, 0.2) is 6.61 Å². The van der Waals surface area contributed by atoms with Gasteiger partial charge in [0.2, 0.25) is 10.0 Å². The van der Waals surface area contributed by atoms with E-state index in [1.807, 2.05) is 0 Å². The number of amides is 1. The molecular weight excluding hydrogens is 318 g/mol. The number of hydrogen-bond acceptors (Lipinski definition) is 5. The highest BCUT2D eigenvalue weighted by Crippen LogP contribution is 2.37. The zero-order valence-corrected chi connectivity index (χ0v) is 13.8. The van der Waals surface area contributed by atoms with Crippen LogP contribution >= 0.6 is 0 Å². The summed E-state index contributed by atoms with van der Waals surface area (Å²) in [7, 11) is -3.17. The van der Waals surface area contributed by atoms with E-state index in [0.717, 1.165) is 12.8 Å². The van der Waals surface area contributed by atoms with E-state index >= 15 is 0 Å². The zero-order valence-electron chi connectivity index (χ0n) is 13.0. The van der Waals surface area contributed by atoms with E-state index in [4.69, 9.17) is 4.74 Å². The van der Waals surface area contributed by atoms with Gasteiger partial charge in [0, 0.05) is 24.3 Å². The average Bonchev–Trinajstić information content (AvgIpc) is 2.79. The molecule has 0 saturated carbocycles. The van der Waals surface area contributed by atoms with E-state index in [9.17, 15) is 13.2 Å². The molecule has 2 aliphatic heterocycles. The highest BCUT2D eigenvalue weighted by atomic mass is 32.2. The van der Waals surface area contributed by atoms with Gasteiger partial charge in [-0.3, -0.25) is 9.78 Å². The van der Waals surface area contributed by atoms with Gasteiger partial charge in [-0.2, -0.15) is 4.31 Å². The van der Waals surface area contributed by atoms with Crippen LogP contribution < -0.4 is 10.1 Å². The van der Waals surface area contributed by atoms with Gasteiger partial charge >= 0.3 is 0 Å². The highest BCUT2D eigenvalue weighted by Gasteiger charge is 2.45. The monoisotopic (exact) mass is 339 g/mol. The maximum Gasteiger partial charge on any atom is 0.258 e. The number of ether oxygens (including phenoxy) is 1. The molecule has 1 amide bonds. The van der Waals surface area contributed by atoms with E-state index in [2.05, 4.69) is 10.3 Å². The van der Waals surface area contributed by atoms with Crippen molar-refractivity contribution in [2.24, 2.45) is 0 Å². The molecule has 7 nitrogen and oxygen atoms in total. The third-order valence-electron chi connectivity index (χ3n) is 4.42. The van der Waals surface area contributed by atoms with Crippen molar-refractivity contribution in [2.75, 3.05) is 12.9 Å². The number of nitrogens with one attached hydrogen (secondary N) is 1. The molecular formula is C15H21N3O4S. The van der Waals surface area contributed by atoms with Crippen molar-refractivity contribution in [3.05, 3.63) is 24.5 Å². The first-order valence-electron chi connectivity index (χ1n) is 7.74. The Morgan fingerprint density at radius 3 is 2.65 bits per heavy atom. The largest absolute Gasteiger partial charge is 0.482 e. The molecule has 2 saturated heterocycles. The van der Waals surface area contributed by atoms with E-state index in [1.54, 1.807) is 28.8 Å². The van der Waals surface area contributed by atoms with Crippen molar-refractivity contribution in [3.63, 3.8) is 0 Å². The number of nitrogens with zero attached hydrogens (tertiary/aromatic N) is 2. The third-order valence-corrected chi connectivity index (χ3v) is 5.78. The Hall–Kier alpha value is -1.67. The minimum Gasteiger partial charge on any atom is -0.482 e. The Morgan fingerprint density at radius 1 is 1.39 bits per heavy atom. The Kier molecular flexibility index (Phi) is 4.54. The number of piperidine rings is 1. The van der Waals surface area contributed by atoms with E-state index < -0.39 is 10.0 Å². The molecule has 1 aromatic heterocycles. The van der Waals surface area contributed by atoms with E-state index in [1.165, 1.54) is 6.26 Å². The molecule has 0 aromatic carbocycles. The van der Waals surface area contributed by atoms with Gasteiger partial charge in [0.25, 0.3) is 5.91 Å². The van der Waals surface area contributed by atoms with Gasteiger partial charge in [0.1, 0.15) is 5.75 Å². The van der Waals surface area contributed by atoms with Crippen LogP contribution in [0.3, 0.4) is 0 Å². The molecule has 8 heteroatoms. The predicted octanol–water partition coefficient (Wildman–Crippen LogP) is 0.532. The number of fused-ring (bicyclic) bond motifs is 2. The van der Waals surface area contributed by atoms with Crippen LogP contribution in [0.5, 0.6) is 5.75 Å². The summed E-state index contributed by atoms with van der Waals surface area (Å²) < 4.78 is 30.7. The van der Waals surface area contributed by atoms with Gasteiger partial charge in [-0.25, -0.2) is 8.42 Å². The lowest BCUT2D eigenvalue weighted by atomic mass is 10.00. The fraction of sp³-hybridized carbons (Fsp3) is 0.600. The minimum atomic E-state index is -3.17.